The molecule has 0 bridgehead atoms. The molecule has 6 heteroatoms. The fourth-order valence-electron chi connectivity index (χ4n) is 2.35. The van der Waals surface area contributed by atoms with Gasteiger partial charge in [0.25, 0.3) is 0 Å². The van der Waals surface area contributed by atoms with Gasteiger partial charge < -0.3 is 20.1 Å². The molecule has 1 heterocycles. The average molecular weight is 307 g/mol. The number of carbonyl (C=O) groups is 1. The number of carboxylic acids is 1. The van der Waals surface area contributed by atoms with Crippen molar-refractivity contribution in [1.29, 1.82) is 0 Å². The van der Waals surface area contributed by atoms with E-state index in [1.165, 1.54) is 12.4 Å². The molecule has 6 nitrogen and oxygen atoms in total. The second-order valence-corrected chi connectivity index (χ2v) is 5.28. The van der Waals surface area contributed by atoms with Gasteiger partial charge in [-0.15, -0.1) is 0 Å². The summed E-state index contributed by atoms with van der Waals surface area (Å²) >= 11 is 0. The Kier molecular flexibility index (Phi) is 3.80. The van der Waals surface area contributed by atoms with E-state index in [1.54, 1.807) is 12.1 Å². The highest BCUT2D eigenvalue weighted by atomic mass is 16.4. The van der Waals surface area contributed by atoms with Crippen LogP contribution in [0.25, 0.3) is 10.9 Å². The number of aromatic carboxylic acids is 1. The Morgan fingerprint density at radius 3 is 2.48 bits per heavy atom. The molecule has 2 aromatic carbocycles. The maximum atomic E-state index is 11.3. The van der Waals surface area contributed by atoms with Gasteiger partial charge in [0.15, 0.2) is 0 Å². The highest BCUT2D eigenvalue weighted by Crippen LogP contribution is 2.26. The molecule has 116 valence electrons. The molecule has 0 atom stereocenters. The zero-order valence-corrected chi connectivity index (χ0v) is 12.8. The number of benzene rings is 2. The molecular formula is C17H15N4O2-. The summed E-state index contributed by atoms with van der Waals surface area (Å²) in [6, 6.07) is 12.6. The van der Waals surface area contributed by atoms with Crippen molar-refractivity contribution < 1.29 is 9.90 Å². The number of carbonyl (C=O) groups excluding carboxylic acids is 1. The Labute approximate surface area is 133 Å². The lowest BCUT2D eigenvalue weighted by atomic mass is 10.1. The van der Waals surface area contributed by atoms with Crippen LogP contribution in [0.2, 0.25) is 0 Å². The SMILES string of the molecule is CN(C)c1ccc(Nc2ncnc3cccc(C(=O)[O-])c23)cc1. The summed E-state index contributed by atoms with van der Waals surface area (Å²) in [6.45, 7) is 0. The van der Waals surface area contributed by atoms with Crippen molar-refractivity contribution in [3.63, 3.8) is 0 Å². The Morgan fingerprint density at radius 2 is 1.83 bits per heavy atom. The highest BCUT2D eigenvalue weighted by Gasteiger charge is 2.10. The van der Waals surface area contributed by atoms with Gasteiger partial charge in [-0.2, -0.15) is 0 Å². The van der Waals surface area contributed by atoms with Crippen molar-refractivity contribution >= 4 is 34.1 Å². The summed E-state index contributed by atoms with van der Waals surface area (Å²) in [4.78, 5) is 21.6. The lowest BCUT2D eigenvalue weighted by Gasteiger charge is -2.15. The van der Waals surface area contributed by atoms with E-state index in [2.05, 4.69) is 15.3 Å². The zero-order chi connectivity index (χ0) is 16.4. The largest absolute Gasteiger partial charge is 0.545 e. The van der Waals surface area contributed by atoms with Gasteiger partial charge in [-0.25, -0.2) is 9.97 Å². The molecule has 0 spiro atoms. The van der Waals surface area contributed by atoms with Crippen LogP contribution in [0.3, 0.4) is 0 Å². The monoisotopic (exact) mass is 307 g/mol. The molecule has 0 aliphatic heterocycles. The van der Waals surface area contributed by atoms with Gasteiger partial charge in [0.1, 0.15) is 12.1 Å². The van der Waals surface area contributed by atoms with Crippen molar-refractivity contribution in [1.82, 2.24) is 9.97 Å². The fraction of sp³-hybridized carbons (Fsp3) is 0.118. The van der Waals surface area contributed by atoms with Crippen LogP contribution in [0.5, 0.6) is 0 Å². The second kappa shape index (κ2) is 5.92. The standard InChI is InChI=1S/C17H16N4O2/c1-21(2)12-8-6-11(7-9-12)20-16-15-13(17(22)23)4-3-5-14(15)18-10-19-16/h3-10H,1-2H3,(H,22,23)(H,18,19,20)/p-1. The van der Waals surface area contributed by atoms with Crippen molar-refractivity contribution in [2.24, 2.45) is 0 Å². The summed E-state index contributed by atoms with van der Waals surface area (Å²) in [7, 11) is 3.93. The number of aromatic nitrogens is 2. The molecule has 1 aromatic heterocycles. The predicted molar refractivity (Wildman–Crippen MR) is 87.9 cm³/mol. The smallest absolute Gasteiger partial charge is 0.142 e. The molecule has 3 aromatic rings. The minimum absolute atomic E-state index is 0.0653. The molecule has 0 amide bonds. The summed E-state index contributed by atoms with van der Waals surface area (Å²) in [5.41, 5.74) is 2.49. The number of nitrogens with zero attached hydrogens (tertiary/aromatic N) is 3. The van der Waals surface area contributed by atoms with Crippen molar-refractivity contribution in [3.05, 3.63) is 54.4 Å². The summed E-state index contributed by atoms with van der Waals surface area (Å²) in [5.74, 6) is -0.816. The lowest BCUT2D eigenvalue weighted by Crippen LogP contribution is -2.22. The van der Waals surface area contributed by atoms with E-state index < -0.39 is 5.97 Å². The quantitative estimate of drug-likeness (QED) is 0.791. The van der Waals surface area contributed by atoms with E-state index in [0.717, 1.165) is 11.4 Å². The molecule has 23 heavy (non-hydrogen) atoms. The average Bonchev–Trinajstić information content (AvgIpc) is 2.55. The number of hydrogen-bond acceptors (Lipinski definition) is 6. The van der Waals surface area contributed by atoms with Gasteiger partial charge in [-0.3, -0.25) is 0 Å². The van der Waals surface area contributed by atoms with E-state index in [0.29, 0.717) is 16.7 Å². The van der Waals surface area contributed by atoms with Crippen LogP contribution in [0.4, 0.5) is 17.2 Å². The maximum Gasteiger partial charge on any atom is 0.142 e. The van der Waals surface area contributed by atoms with Gasteiger partial charge in [-0.1, -0.05) is 12.1 Å². The molecule has 0 saturated carbocycles. The Morgan fingerprint density at radius 1 is 1.09 bits per heavy atom. The van der Waals surface area contributed by atoms with E-state index >= 15 is 0 Å². The van der Waals surface area contributed by atoms with E-state index in [1.807, 2.05) is 43.3 Å². The minimum Gasteiger partial charge on any atom is -0.545 e. The first-order valence-corrected chi connectivity index (χ1v) is 7.06. The third-order valence-corrected chi connectivity index (χ3v) is 3.53. The second-order valence-electron chi connectivity index (χ2n) is 5.28. The molecule has 0 saturated heterocycles. The molecular weight excluding hydrogens is 292 g/mol. The number of nitrogens with one attached hydrogen (secondary N) is 1. The minimum atomic E-state index is -1.25. The van der Waals surface area contributed by atoms with Gasteiger partial charge in [-0.05, 0) is 30.3 Å². The topological polar surface area (TPSA) is 81.2 Å². The molecule has 0 unspecified atom stereocenters. The Balaban J connectivity index is 2.04. The predicted octanol–water partition coefficient (Wildman–Crippen LogP) is 1.80. The molecule has 0 aliphatic rings. The van der Waals surface area contributed by atoms with Crippen LogP contribution in [0.15, 0.2) is 48.8 Å². The van der Waals surface area contributed by atoms with Crippen LogP contribution in [0, 0.1) is 0 Å². The van der Waals surface area contributed by atoms with Crippen molar-refractivity contribution in [2.75, 3.05) is 24.3 Å². The Hall–Kier alpha value is -3.15. The first kappa shape index (κ1) is 14.8. The number of hydrogen-bond donors (Lipinski definition) is 1. The van der Waals surface area contributed by atoms with E-state index in [-0.39, 0.29) is 5.56 Å². The normalized spacial score (nSPS) is 10.5. The van der Waals surface area contributed by atoms with Gasteiger partial charge >= 0.3 is 0 Å². The fourth-order valence-corrected chi connectivity index (χ4v) is 2.35. The summed E-state index contributed by atoms with van der Waals surface area (Å²) in [6.07, 6.45) is 1.40. The van der Waals surface area contributed by atoms with Crippen molar-refractivity contribution in [2.45, 2.75) is 0 Å². The van der Waals surface area contributed by atoms with Gasteiger partial charge in [0, 0.05) is 31.0 Å². The van der Waals surface area contributed by atoms with Crippen LogP contribution < -0.4 is 15.3 Å². The van der Waals surface area contributed by atoms with Crippen molar-refractivity contribution in [3.8, 4) is 0 Å². The first-order chi connectivity index (χ1) is 11.1. The summed E-state index contributed by atoms with van der Waals surface area (Å²) < 4.78 is 0. The van der Waals surface area contributed by atoms with Gasteiger partial charge in [0.2, 0.25) is 0 Å². The number of anilines is 3. The van der Waals surface area contributed by atoms with Gasteiger partial charge in [0.05, 0.1) is 16.9 Å². The van der Waals surface area contributed by atoms with Crippen LogP contribution >= 0.6 is 0 Å². The molecule has 1 N–H and O–H groups in total. The third kappa shape index (κ3) is 2.91. The van der Waals surface area contributed by atoms with E-state index in [4.69, 9.17) is 0 Å². The van der Waals surface area contributed by atoms with Crippen LogP contribution in [0.1, 0.15) is 10.4 Å². The molecule has 0 aliphatic carbocycles. The Bertz CT molecular complexity index is 855. The van der Waals surface area contributed by atoms with Crippen LogP contribution in [-0.2, 0) is 0 Å². The maximum absolute atomic E-state index is 11.3. The number of carboxylic acid groups (broad SMARTS) is 1. The first-order valence-electron chi connectivity index (χ1n) is 7.06. The summed E-state index contributed by atoms with van der Waals surface area (Å²) in [5, 5.41) is 14.9. The van der Waals surface area contributed by atoms with Crippen LogP contribution in [-0.4, -0.2) is 30.0 Å². The number of fused-ring (bicyclic) bond motifs is 1. The molecule has 0 fully saturated rings. The molecule has 3 rings (SSSR count). The number of rotatable bonds is 4. The van der Waals surface area contributed by atoms with E-state index in [9.17, 15) is 9.90 Å². The lowest BCUT2D eigenvalue weighted by molar-refractivity contribution is -0.254. The molecule has 0 radical (unpaired) electrons. The zero-order valence-electron chi connectivity index (χ0n) is 12.8. The highest BCUT2D eigenvalue weighted by molar-refractivity contribution is 6.06. The third-order valence-electron chi connectivity index (χ3n) is 3.53.